The van der Waals surface area contributed by atoms with Crippen molar-refractivity contribution in [3.63, 3.8) is 0 Å². The summed E-state index contributed by atoms with van der Waals surface area (Å²) in [5, 5.41) is 3.41. The minimum Gasteiger partial charge on any atom is -0.472 e. The van der Waals surface area contributed by atoms with Crippen LogP contribution < -0.4 is 5.32 Å². The molecule has 1 fully saturated rings. The number of ether oxygens (including phenoxy) is 1. The van der Waals surface area contributed by atoms with E-state index in [4.69, 9.17) is 9.15 Å². The highest BCUT2D eigenvalue weighted by Gasteiger charge is 2.44. The predicted molar refractivity (Wildman–Crippen MR) is 72.5 cm³/mol. The van der Waals surface area contributed by atoms with Crippen molar-refractivity contribution < 1.29 is 9.15 Å². The van der Waals surface area contributed by atoms with Crippen LogP contribution in [0.2, 0.25) is 0 Å². The van der Waals surface area contributed by atoms with E-state index in [1.807, 2.05) is 26.5 Å². The Morgan fingerprint density at radius 2 is 1.94 bits per heavy atom. The summed E-state index contributed by atoms with van der Waals surface area (Å²) in [6, 6.07) is 2.24. The Bertz CT molecular complexity index is 360. The van der Waals surface area contributed by atoms with E-state index in [0.29, 0.717) is 5.41 Å². The van der Waals surface area contributed by atoms with Gasteiger partial charge in [0, 0.05) is 12.7 Å². The van der Waals surface area contributed by atoms with Gasteiger partial charge in [-0.1, -0.05) is 13.8 Å². The first-order valence-electron chi connectivity index (χ1n) is 6.77. The predicted octanol–water partition coefficient (Wildman–Crippen LogP) is 3.53. The first kappa shape index (κ1) is 13.6. The normalized spacial score (nSPS) is 23.8. The standard InChI is InChI=1S/C15H25NO2/c1-14(2)6-8-15(17-4,9-7-14)13(16-3)12-5-10-18-11-12/h5,10-11,13,16H,6-9H2,1-4H3. The zero-order valence-electron chi connectivity index (χ0n) is 12.0. The van der Waals surface area contributed by atoms with E-state index in [1.54, 1.807) is 6.26 Å². The Morgan fingerprint density at radius 1 is 1.28 bits per heavy atom. The molecule has 1 aliphatic rings. The minimum absolute atomic E-state index is 0.103. The van der Waals surface area contributed by atoms with Crippen LogP contribution in [-0.4, -0.2) is 19.8 Å². The van der Waals surface area contributed by atoms with E-state index in [9.17, 15) is 0 Å². The molecule has 1 aromatic rings. The van der Waals surface area contributed by atoms with Crippen LogP contribution in [-0.2, 0) is 4.74 Å². The summed E-state index contributed by atoms with van der Waals surface area (Å²) in [7, 11) is 3.83. The number of nitrogens with one attached hydrogen (secondary N) is 1. The van der Waals surface area contributed by atoms with Crippen molar-refractivity contribution in [2.75, 3.05) is 14.2 Å². The number of rotatable bonds is 4. The molecule has 0 spiro atoms. The molecular weight excluding hydrogens is 226 g/mol. The topological polar surface area (TPSA) is 34.4 Å². The lowest BCUT2D eigenvalue weighted by Crippen LogP contribution is -2.48. The van der Waals surface area contributed by atoms with Gasteiger partial charge < -0.3 is 14.5 Å². The lowest BCUT2D eigenvalue weighted by atomic mass is 9.67. The second-order valence-corrected chi connectivity index (χ2v) is 6.21. The first-order valence-corrected chi connectivity index (χ1v) is 6.77. The monoisotopic (exact) mass is 251 g/mol. The van der Waals surface area contributed by atoms with Crippen LogP contribution in [0.5, 0.6) is 0 Å². The van der Waals surface area contributed by atoms with Crippen molar-refractivity contribution in [3.05, 3.63) is 24.2 Å². The van der Waals surface area contributed by atoms with Crippen LogP contribution in [0, 0.1) is 5.41 Å². The molecule has 1 aliphatic carbocycles. The number of likely N-dealkylation sites (N-methyl/N-ethyl adjacent to an activating group) is 1. The largest absolute Gasteiger partial charge is 0.472 e. The van der Waals surface area contributed by atoms with E-state index in [-0.39, 0.29) is 11.6 Å². The summed E-state index contributed by atoms with van der Waals surface area (Å²) in [6.07, 6.45) is 8.14. The molecule has 0 amide bonds. The molecule has 3 heteroatoms. The summed E-state index contributed by atoms with van der Waals surface area (Å²) >= 11 is 0. The van der Waals surface area contributed by atoms with Crippen molar-refractivity contribution in [2.45, 2.75) is 51.2 Å². The fourth-order valence-electron chi connectivity index (χ4n) is 3.13. The van der Waals surface area contributed by atoms with Gasteiger partial charge in [0.1, 0.15) is 0 Å². The smallest absolute Gasteiger partial charge is 0.0951 e. The van der Waals surface area contributed by atoms with Gasteiger partial charge in [-0.15, -0.1) is 0 Å². The summed E-state index contributed by atoms with van der Waals surface area (Å²) in [4.78, 5) is 0. The molecule has 3 nitrogen and oxygen atoms in total. The van der Waals surface area contributed by atoms with E-state index >= 15 is 0 Å². The first-order chi connectivity index (χ1) is 8.53. The van der Waals surface area contributed by atoms with E-state index in [0.717, 1.165) is 12.8 Å². The van der Waals surface area contributed by atoms with Crippen LogP contribution in [0.1, 0.15) is 51.1 Å². The highest BCUT2D eigenvalue weighted by Crippen LogP contribution is 2.47. The minimum atomic E-state index is -0.103. The molecule has 102 valence electrons. The Kier molecular flexibility index (Phi) is 3.83. The van der Waals surface area contributed by atoms with Crippen molar-refractivity contribution >= 4 is 0 Å². The Balaban J connectivity index is 2.21. The fourth-order valence-corrected chi connectivity index (χ4v) is 3.13. The van der Waals surface area contributed by atoms with Crippen LogP contribution >= 0.6 is 0 Å². The molecule has 1 N–H and O–H groups in total. The summed E-state index contributed by atoms with van der Waals surface area (Å²) in [6.45, 7) is 4.69. The molecule has 1 atom stereocenters. The number of methoxy groups -OCH3 is 1. The van der Waals surface area contributed by atoms with Gasteiger partial charge in [0.05, 0.1) is 24.2 Å². The number of furan rings is 1. The van der Waals surface area contributed by atoms with Gasteiger partial charge in [-0.05, 0) is 44.2 Å². The molecule has 2 rings (SSSR count). The molecule has 0 saturated heterocycles. The fraction of sp³-hybridized carbons (Fsp3) is 0.733. The zero-order valence-corrected chi connectivity index (χ0v) is 12.0. The molecule has 0 aliphatic heterocycles. The van der Waals surface area contributed by atoms with Crippen LogP contribution in [0.4, 0.5) is 0 Å². The lowest BCUT2D eigenvalue weighted by molar-refractivity contribution is -0.0863. The number of hydrogen-bond donors (Lipinski definition) is 1. The van der Waals surface area contributed by atoms with Gasteiger partial charge in [-0.3, -0.25) is 0 Å². The maximum Gasteiger partial charge on any atom is 0.0951 e. The molecule has 1 heterocycles. The summed E-state index contributed by atoms with van der Waals surface area (Å²) < 4.78 is 11.2. The van der Waals surface area contributed by atoms with Crippen LogP contribution in [0.3, 0.4) is 0 Å². The summed E-state index contributed by atoms with van der Waals surface area (Å²) in [5.41, 5.74) is 1.52. The maximum absolute atomic E-state index is 5.94. The molecule has 1 saturated carbocycles. The van der Waals surface area contributed by atoms with E-state index in [2.05, 4.69) is 19.2 Å². The third-order valence-corrected chi connectivity index (χ3v) is 4.55. The van der Waals surface area contributed by atoms with Crippen molar-refractivity contribution in [2.24, 2.45) is 5.41 Å². The lowest BCUT2D eigenvalue weighted by Gasteiger charge is -2.46. The number of hydrogen-bond acceptors (Lipinski definition) is 3. The maximum atomic E-state index is 5.94. The summed E-state index contributed by atoms with van der Waals surface area (Å²) in [5.74, 6) is 0. The van der Waals surface area contributed by atoms with Crippen molar-refractivity contribution in [1.82, 2.24) is 5.32 Å². The third kappa shape index (κ3) is 2.47. The van der Waals surface area contributed by atoms with Gasteiger partial charge in [0.2, 0.25) is 0 Å². The molecule has 18 heavy (non-hydrogen) atoms. The quantitative estimate of drug-likeness (QED) is 0.889. The van der Waals surface area contributed by atoms with E-state index in [1.165, 1.54) is 18.4 Å². The Labute approximate surface area is 110 Å². The Morgan fingerprint density at radius 3 is 2.39 bits per heavy atom. The second kappa shape index (κ2) is 5.06. The van der Waals surface area contributed by atoms with Gasteiger partial charge in [-0.25, -0.2) is 0 Å². The molecule has 0 aromatic carbocycles. The molecule has 0 bridgehead atoms. The third-order valence-electron chi connectivity index (χ3n) is 4.55. The van der Waals surface area contributed by atoms with E-state index < -0.39 is 0 Å². The zero-order chi connectivity index (χ0) is 13.2. The average Bonchev–Trinajstić information content (AvgIpc) is 2.86. The van der Waals surface area contributed by atoms with Gasteiger partial charge in [0.25, 0.3) is 0 Å². The van der Waals surface area contributed by atoms with Crippen molar-refractivity contribution in [3.8, 4) is 0 Å². The molecule has 0 radical (unpaired) electrons. The van der Waals surface area contributed by atoms with Gasteiger partial charge >= 0.3 is 0 Å². The van der Waals surface area contributed by atoms with Crippen molar-refractivity contribution in [1.29, 1.82) is 0 Å². The average molecular weight is 251 g/mol. The molecular formula is C15H25NO2. The highest BCUT2D eigenvalue weighted by atomic mass is 16.5. The Hall–Kier alpha value is -0.800. The highest BCUT2D eigenvalue weighted by molar-refractivity contribution is 5.18. The molecule has 1 unspecified atom stereocenters. The van der Waals surface area contributed by atoms with Gasteiger partial charge in [-0.2, -0.15) is 0 Å². The second-order valence-electron chi connectivity index (χ2n) is 6.21. The van der Waals surface area contributed by atoms with Gasteiger partial charge in [0.15, 0.2) is 0 Å². The SMILES string of the molecule is CNC(c1ccoc1)C1(OC)CCC(C)(C)CC1. The van der Waals surface area contributed by atoms with Crippen LogP contribution in [0.15, 0.2) is 23.0 Å². The van der Waals surface area contributed by atoms with Crippen LogP contribution in [0.25, 0.3) is 0 Å². The molecule has 1 aromatic heterocycles.